The van der Waals surface area contributed by atoms with Crippen LogP contribution < -0.4 is 5.32 Å². The lowest BCUT2D eigenvalue weighted by Crippen LogP contribution is -2.36. The van der Waals surface area contributed by atoms with E-state index in [0.29, 0.717) is 29.1 Å². The normalized spacial score (nSPS) is 20.0. The lowest BCUT2D eigenvalue weighted by molar-refractivity contribution is -0.137. The van der Waals surface area contributed by atoms with Gasteiger partial charge in [-0.1, -0.05) is 12.8 Å². The highest BCUT2D eigenvalue weighted by Gasteiger charge is 2.31. The van der Waals surface area contributed by atoms with Crippen LogP contribution in [0.2, 0.25) is 0 Å². The predicted molar refractivity (Wildman–Crippen MR) is 101 cm³/mol. The summed E-state index contributed by atoms with van der Waals surface area (Å²) in [5.41, 5.74) is -0.545. The van der Waals surface area contributed by atoms with Crippen LogP contribution in [0.3, 0.4) is 0 Å². The van der Waals surface area contributed by atoms with Gasteiger partial charge in [-0.3, -0.25) is 4.98 Å². The van der Waals surface area contributed by atoms with E-state index in [1.54, 1.807) is 12.3 Å². The lowest BCUT2D eigenvalue weighted by Gasteiger charge is -2.29. The smallest absolute Gasteiger partial charge is 0.416 e. The zero-order valence-corrected chi connectivity index (χ0v) is 15.3. The minimum atomic E-state index is -4.55. The third-order valence-electron chi connectivity index (χ3n) is 5.21. The minimum absolute atomic E-state index is 0.144. The van der Waals surface area contributed by atoms with Crippen LogP contribution in [-0.4, -0.2) is 37.5 Å². The van der Waals surface area contributed by atoms with Gasteiger partial charge in [-0.25, -0.2) is 0 Å². The van der Waals surface area contributed by atoms with Crippen molar-refractivity contribution in [1.29, 1.82) is 0 Å². The van der Waals surface area contributed by atoms with Gasteiger partial charge in [0.05, 0.1) is 17.7 Å². The highest BCUT2D eigenvalue weighted by Crippen LogP contribution is 2.38. The second-order valence-corrected chi connectivity index (χ2v) is 7.15. The molecule has 2 aromatic heterocycles. The fourth-order valence-electron chi connectivity index (χ4n) is 3.67. The summed E-state index contributed by atoms with van der Waals surface area (Å²) in [6, 6.07) is 4.26. The average Bonchev–Trinajstić information content (AvgIpc) is 2.69. The molecule has 0 amide bonds. The molecule has 152 valence electrons. The van der Waals surface area contributed by atoms with E-state index in [9.17, 15) is 23.4 Å². The number of aromatic hydroxyl groups is 1. The average molecular weight is 404 g/mol. The molecule has 0 aliphatic heterocycles. The van der Waals surface area contributed by atoms with E-state index in [1.807, 2.05) is 0 Å². The number of fused-ring (bicyclic) bond motifs is 1. The Morgan fingerprint density at radius 2 is 1.83 bits per heavy atom. The first-order valence-corrected chi connectivity index (χ1v) is 9.30. The molecule has 1 fully saturated rings. The van der Waals surface area contributed by atoms with Crippen molar-refractivity contribution in [2.45, 2.75) is 44.0 Å². The number of nitrogens with one attached hydrogen (secondary N) is 1. The molecule has 29 heavy (non-hydrogen) atoms. The molecule has 1 saturated carbocycles. The molecular weight excluding hydrogens is 385 g/mol. The van der Waals surface area contributed by atoms with Crippen molar-refractivity contribution in [3.05, 3.63) is 42.2 Å². The van der Waals surface area contributed by atoms with Gasteiger partial charge in [-0.15, -0.1) is 10.2 Å². The maximum Gasteiger partial charge on any atom is 0.416 e. The Kier molecular flexibility index (Phi) is 4.99. The van der Waals surface area contributed by atoms with E-state index in [1.165, 1.54) is 12.3 Å². The summed E-state index contributed by atoms with van der Waals surface area (Å²) in [5.74, 6) is -0.0927. The first-order valence-electron chi connectivity index (χ1n) is 9.30. The van der Waals surface area contributed by atoms with E-state index < -0.39 is 23.6 Å². The number of aliphatic hydroxyl groups is 1. The van der Waals surface area contributed by atoms with Crippen LogP contribution in [0.5, 0.6) is 5.75 Å². The first-order chi connectivity index (χ1) is 13.8. The SMILES string of the molecule is Oc1cc(C(F)(F)F)ccc1-c1nnc(N[C@@H]2CCCC[C@@H]2O)c2cnccc12. The number of alkyl halides is 3. The highest BCUT2D eigenvalue weighted by molar-refractivity contribution is 6.00. The molecule has 3 aromatic rings. The third-order valence-corrected chi connectivity index (χ3v) is 5.21. The second-order valence-electron chi connectivity index (χ2n) is 7.15. The molecule has 1 aliphatic rings. The van der Waals surface area contributed by atoms with Gasteiger partial charge in [0.1, 0.15) is 11.4 Å². The first kappa shape index (κ1) is 19.4. The van der Waals surface area contributed by atoms with Crippen molar-refractivity contribution in [1.82, 2.24) is 15.2 Å². The van der Waals surface area contributed by atoms with Gasteiger partial charge in [0.15, 0.2) is 5.82 Å². The molecular formula is C20H19F3N4O2. The molecule has 0 spiro atoms. The highest BCUT2D eigenvalue weighted by atomic mass is 19.4. The zero-order chi connectivity index (χ0) is 20.6. The molecule has 0 saturated heterocycles. The van der Waals surface area contributed by atoms with E-state index in [-0.39, 0.29) is 17.3 Å². The van der Waals surface area contributed by atoms with E-state index >= 15 is 0 Å². The second kappa shape index (κ2) is 7.47. The molecule has 3 N–H and O–H groups in total. The van der Waals surface area contributed by atoms with Crippen molar-refractivity contribution < 1.29 is 23.4 Å². The third kappa shape index (κ3) is 3.82. The zero-order valence-electron chi connectivity index (χ0n) is 15.3. The number of aliphatic hydroxyl groups excluding tert-OH is 1. The van der Waals surface area contributed by atoms with Crippen LogP contribution >= 0.6 is 0 Å². The number of hydrogen-bond donors (Lipinski definition) is 3. The summed E-state index contributed by atoms with van der Waals surface area (Å²) >= 11 is 0. The van der Waals surface area contributed by atoms with Crippen LogP contribution in [0.4, 0.5) is 19.0 Å². The Hall–Kier alpha value is -2.94. The van der Waals surface area contributed by atoms with Gasteiger partial charge < -0.3 is 15.5 Å². The monoisotopic (exact) mass is 404 g/mol. The summed E-state index contributed by atoms with van der Waals surface area (Å²) in [5, 5.41) is 33.2. The van der Waals surface area contributed by atoms with Gasteiger partial charge in [0.25, 0.3) is 0 Å². The van der Waals surface area contributed by atoms with Crippen LogP contribution in [0.1, 0.15) is 31.2 Å². The van der Waals surface area contributed by atoms with Crippen molar-refractivity contribution in [3.63, 3.8) is 0 Å². The number of aromatic nitrogens is 3. The van der Waals surface area contributed by atoms with Gasteiger partial charge in [-0.2, -0.15) is 13.2 Å². The Morgan fingerprint density at radius 1 is 1.03 bits per heavy atom. The predicted octanol–water partition coefficient (Wildman–Crippen LogP) is 4.13. The fourth-order valence-corrected chi connectivity index (χ4v) is 3.67. The molecule has 1 aromatic carbocycles. The van der Waals surface area contributed by atoms with Crippen molar-refractivity contribution in [2.75, 3.05) is 5.32 Å². The molecule has 4 rings (SSSR count). The molecule has 1 aliphatic carbocycles. The number of benzene rings is 1. The van der Waals surface area contributed by atoms with Crippen LogP contribution in [0.25, 0.3) is 22.0 Å². The number of phenols is 1. The Labute approximate surface area is 164 Å². The Morgan fingerprint density at radius 3 is 2.55 bits per heavy atom. The molecule has 6 nitrogen and oxygen atoms in total. The topological polar surface area (TPSA) is 91.2 Å². The number of nitrogens with zero attached hydrogens (tertiary/aromatic N) is 3. The summed E-state index contributed by atoms with van der Waals surface area (Å²) in [6.07, 6.45) is 1.54. The van der Waals surface area contributed by atoms with E-state index in [4.69, 9.17) is 0 Å². The lowest BCUT2D eigenvalue weighted by atomic mass is 9.92. The number of anilines is 1. The van der Waals surface area contributed by atoms with Crippen molar-refractivity contribution in [3.8, 4) is 17.0 Å². The van der Waals surface area contributed by atoms with E-state index in [2.05, 4.69) is 20.5 Å². The Balaban J connectivity index is 1.76. The standard InChI is InChI=1S/C20H19F3N4O2/c21-20(22,23)11-5-6-13(17(29)9-11)18-12-7-8-24-10-14(12)19(27-26-18)25-15-3-1-2-4-16(15)28/h5-10,15-16,28-29H,1-4H2,(H,25,27)/t15-,16+/m1/s1. The van der Waals surface area contributed by atoms with E-state index in [0.717, 1.165) is 25.3 Å². The molecule has 0 bridgehead atoms. The van der Waals surface area contributed by atoms with Crippen LogP contribution in [0, 0.1) is 0 Å². The Bertz CT molecular complexity index is 1040. The number of pyridine rings is 1. The number of hydrogen-bond acceptors (Lipinski definition) is 6. The van der Waals surface area contributed by atoms with Gasteiger partial charge in [-0.05, 0) is 37.1 Å². The summed E-state index contributed by atoms with van der Waals surface area (Å²) in [7, 11) is 0. The molecule has 9 heteroatoms. The largest absolute Gasteiger partial charge is 0.507 e. The summed E-state index contributed by atoms with van der Waals surface area (Å²) in [4.78, 5) is 4.11. The summed E-state index contributed by atoms with van der Waals surface area (Å²) in [6.45, 7) is 0. The van der Waals surface area contributed by atoms with Crippen molar-refractivity contribution >= 4 is 16.6 Å². The van der Waals surface area contributed by atoms with Crippen LogP contribution in [0.15, 0.2) is 36.7 Å². The molecule has 0 unspecified atom stereocenters. The number of phenolic OH excluding ortho intramolecular Hbond substituents is 1. The number of halogens is 3. The van der Waals surface area contributed by atoms with Gasteiger partial charge in [0.2, 0.25) is 0 Å². The van der Waals surface area contributed by atoms with Gasteiger partial charge in [0, 0.05) is 28.7 Å². The molecule has 2 heterocycles. The van der Waals surface area contributed by atoms with Crippen LogP contribution in [-0.2, 0) is 6.18 Å². The maximum atomic E-state index is 12.9. The minimum Gasteiger partial charge on any atom is -0.507 e. The van der Waals surface area contributed by atoms with Gasteiger partial charge >= 0.3 is 6.18 Å². The fraction of sp³-hybridized carbons (Fsp3) is 0.350. The molecule has 0 radical (unpaired) electrons. The maximum absolute atomic E-state index is 12.9. The summed E-state index contributed by atoms with van der Waals surface area (Å²) < 4.78 is 38.7. The molecule has 2 atom stereocenters. The quantitative estimate of drug-likeness (QED) is 0.608. The number of rotatable bonds is 3. The van der Waals surface area contributed by atoms with Crippen molar-refractivity contribution in [2.24, 2.45) is 0 Å².